The Morgan fingerprint density at radius 2 is 1.69 bits per heavy atom. The number of aryl methyl sites for hydroxylation is 1. The molecular formula is C21H24FN3O. The van der Waals surface area contributed by atoms with Gasteiger partial charge in [0.15, 0.2) is 0 Å². The molecule has 26 heavy (non-hydrogen) atoms. The van der Waals surface area contributed by atoms with Crippen molar-refractivity contribution >= 4 is 17.3 Å². The number of halogens is 1. The van der Waals surface area contributed by atoms with Crippen molar-refractivity contribution in [2.45, 2.75) is 12.8 Å². The lowest BCUT2D eigenvalue weighted by Gasteiger charge is -2.38. The maximum absolute atomic E-state index is 14.3. The van der Waals surface area contributed by atoms with Crippen LogP contribution in [0, 0.1) is 5.82 Å². The summed E-state index contributed by atoms with van der Waals surface area (Å²) in [5.74, 6) is -0.127. The Hall–Kier alpha value is -2.56. The Morgan fingerprint density at radius 3 is 2.46 bits per heavy atom. The Kier molecular flexibility index (Phi) is 4.78. The van der Waals surface area contributed by atoms with Crippen LogP contribution in [0.15, 0.2) is 48.5 Å². The molecule has 1 amide bonds. The second-order valence-electron chi connectivity index (χ2n) is 6.98. The van der Waals surface area contributed by atoms with Crippen molar-refractivity contribution in [3.05, 3.63) is 59.9 Å². The average Bonchev–Trinajstić information content (AvgIpc) is 2.69. The first-order chi connectivity index (χ1) is 12.7. The zero-order valence-corrected chi connectivity index (χ0v) is 14.9. The van der Waals surface area contributed by atoms with Gasteiger partial charge in [0.05, 0.1) is 12.2 Å². The predicted molar refractivity (Wildman–Crippen MR) is 102 cm³/mol. The molecule has 0 unspecified atom stereocenters. The number of carbonyl (C=O) groups excluding carboxylic acids is 1. The summed E-state index contributed by atoms with van der Waals surface area (Å²) in [5.41, 5.74) is 2.83. The van der Waals surface area contributed by atoms with E-state index in [2.05, 4.69) is 17.0 Å². The molecule has 4 nitrogen and oxygen atoms in total. The number of rotatable bonds is 3. The van der Waals surface area contributed by atoms with Crippen LogP contribution in [0.5, 0.6) is 0 Å². The van der Waals surface area contributed by atoms with Crippen LogP contribution < -0.4 is 9.80 Å². The lowest BCUT2D eigenvalue weighted by atomic mass is 10.0. The minimum atomic E-state index is -0.219. The fourth-order valence-electron chi connectivity index (χ4n) is 3.96. The fourth-order valence-corrected chi connectivity index (χ4v) is 3.96. The van der Waals surface area contributed by atoms with Crippen LogP contribution in [-0.4, -0.2) is 50.1 Å². The van der Waals surface area contributed by atoms with Crippen LogP contribution in [0.4, 0.5) is 15.8 Å². The van der Waals surface area contributed by atoms with Gasteiger partial charge in [0.1, 0.15) is 5.82 Å². The average molecular weight is 353 g/mol. The first-order valence-electron chi connectivity index (χ1n) is 9.32. The minimum absolute atomic E-state index is 0.0915. The zero-order chi connectivity index (χ0) is 17.9. The molecule has 2 aliphatic rings. The van der Waals surface area contributed by atoms with Crippen molar-refractivity contribution in [1.82, 2.24) is 4.90 Å². The van der Waals surface area contributed by atoms with Crippen molar-refractivity contribution in [3.8, 4) is 0 Å². The van der Waals surface area contributed by atoms with E-state index in [0.717, 1.165) is 38.0 Å². The van der Waals surface area contributed by atoms with Gasteiger partial charge >= 0.3 is 0 Å². The lowest BCUT2D eigenvalue weighted by molar-refractivity contribution is -0.130. The van der Waals surface area contributed by atoms with Crippen LogP contribution in [-0.2, 0) is 11.2 Å². The van der Waals surface area contributed by atoms with Gasteiger partial charge in [0.2, 0.25) is 5.91 Å². The van der Waals surface area contributed by atoms with Gasteiger partial charge in [-0.1, -0.05) is 30.3 Å². The van der Waals surface area contributed by atoms with Crippen LogP contribution in [0.25, 0.3) is 0 Å². The number of para-hydroxylation sites is 2. The van der Waals surface area contributed by atoms with E-state index in [4.69, 9.17) is 0 Å². The predicted octanol–water partition coefficient (Wildman–Crippen LogP) is 2.93. The fraction of sp³-hybridized carbons (Fsp3) is 0.381. The zero-order valence-electron chi connectivity index (χ0n) is 14.9. The van der Waals surface area contributed by atoms with Gasteiger partial charge in [-0.3, -0.25) is 4.79 Å². The summed E-state index contributed by atoms with van der Waals surface area (Å²) in [6, 6.07) is 15.5. The highest BCUT2D eigenvalue weighted by molar-refractivity contribution is 5.82. The molecule has 0 radical (unpaired) electrons. The second kappa shape index (κ2) is 7.36. The number of amides is 1. The summed E-state index contributed by atoms with van der Waals surface area (Å²) in [5, 5.41) is 0. The van der Waals surface area contributed by atoms with E-state index in [1.165, 1.54) is 11.8 Å². The van der Waals surface area contributed by atoms with Gasteiger partial charge in [-0.2, -0.15) is 0 Å². The molecular weight excluding hydrogens is 329 g/mol. The minimum Gasteiger partial charge on any atom is -0.368 e. The van der Waals surface area contributed by atoms with E-state index >= 15 is 0 Å². The SMILES string of the molecule is O=C(CN1CCCc2cccc(F)c21)N1CCN(c2ccccc2)CC1. The first kappa shape index (κ1) is 16.9. The van der Waals surface area contributed by atoms with E-state index in [9.17, 15) is 9.18 Å². The molecule has 0 bridgehead atoms. The van der Waals surface area contributed by atoms with Crippen molar-refractivity contribution < 1.29 is 9.18 Å². The summed E-state index contributed by atoms with van der Waals surface area (Å²) in [7, 11) is 0. The summed E-state index contributed by atoms with van der Waals surface area (Å²) in [6.45, 7) is 4.10. The summed E-state index contributed by atoms with van der Waals surface area (Å²) in [4.78, 5) is 18.9. The molecule has 136 valence electrons. The maximum Gasteiger partial charge on any atom is 0.242 e. The molecule has 0 N–H and O–H groups in total. The molecule has 5 heteroatoms. The highest BCUT2D eigenvalue weighted by atomic mass is 19.1. The third kappa shape index (κ3) is 3.39. The molecule has 0 spiro atoms. The number of piperazine rings is 1. The summed E-state index contributed by atoms with van der Waals surface area (Å²) >= 11 is 0. The second-order valence-corrected chi connectivity index (χ2v) is 6.98. The van der Waals surface area contributed by atoms with Gasteiger partial charge in [-0.25, -0.2) is 4.39 Å². The number of nitrogens with zero attached hydrogens (tertiary/aromatic N) is 3. The maximum atomic E-state index is 14.3. The van der Waals surface area contributed by atoms with Crippen LogP contribution in [0.2, 0.25) is 0 Å². The molecule has 2 aromatic rings. The number of fused-ring (bicyclic) bond motifs is 1. The Morgan fingerprint density at radius 1 is 0.923 bits per heavy atom. The van der Waals surface area contributed by atoms with E-state index in [-0.39, 0.29) is 18.3 Å². The van der Waals surface area contributed by atoms with Crippen LogP contribution in [0.3, 0.4) is 0 Å². The Labute approximate surface area is 153 Å². The molecule has 0 aliphatic carbocycles. The molecule has 4 rings (SSSR count). The monoisotopic (exact) mass is 353 g/mol. The number of anilines is 2. The highest BCUT2D eigenvalue weighted by Gasteiger charge is 2.26. The number of carbonyl (C=O) groups is 1. The smallest absolute Gasteiger partial charge is 0.242 e. The van der Waals surface area contributed by atoms with Crippen molar-refractivity contribution in [1.29, 1.82) is 0 Å². The van der Waals surface area contributed by atoms with E-state index in [1.807, 2.05) is 34.1 Å². The molecule has 1 saturated heterocycles. The number of benzene rings is 2. The van der Waals surface area contributed by atoms with Gasteiger partial charge in [-0.05, 0) is 36.6 Å². The van der Waals surface area contributed by atoms with Crippen LogP contribution >= 0.6 is 0 Å². The summed E-state index contributed by atoms with van der Waals surface area (Å²) in [6.07, 6.45) is 1.85. The lowest BCUT2D eigenvalue weighted by Crippen LogP contribution is -2.51. The van der Waals surface area contributed by atoms with E-state index in [0.29, 0.717) is 18.8 Å². The standard InChI is InChI=1S/C21H24FN3O/c22-19-10-4-6-17-7-5-11-25(21(17)19)16-20(26)24-14-12-23(13-15-24)18-8-2-1-3-9-18/h1-4,6,8-10H,5,7,11-16H2. The van der Waals surface area contributed by atoms with Gasteiger partial charge < -0.3 is 14.7 Å². The van der Waals surface area contributed by atoms with Crippen molar-refractivity contribution in [2.24, 2.45) is 0 Å². The first-order valence-corrected chi connectivity index (χ1v) is 9.32. The van der Waals surface area contributed by atoms with Crippen LogP contribution in [0.1, 0.15) is 12.0 Å². The molecule has 2 aromatic carbocycles. The van der Waals surface area contributed by atoms with Gasteiger partial charge in [-0.15, -0.1) is 0 Å². The van der Waals surface area contributed by atoms with E-state index < -0.39 is 0 Å². The number of hydrogen-bond acceptors (Lipinski definition) is 3. The highest BCUT2D eigenvalue weighted by Crippen LogP contribution is 2.29. The molecule has 1 fully saturated rings. The molecule has 0 aromatic heterocycles. The molecule has 0 saturated carbocycles. The molecule has 2 aliphatic heterocycles. The quantitative estimate of drug-likeness (QED) is 0.849. The molecule has 0 atom stereocenters. The Bertz CT molecular complexity index is 772. The number of hydrogen-bond donors (Lipinski definition) is 0. The third-order valence-corrected chi connectivity index (χ3v) is 5.34. The summed E-state index contributed by atoms with van der Waals surface area (Å²) < 4.78 is 14.3. The van der Waals surface area contributed by atoms with Gasteiger partial charge in [0.25, 0.3) is 0 Å². The van der Waals surface area contributed by atoms with E-state index in [1.54, 1.807) is 6.07 Å². The van der Waals surface area contributed by atoms with Gasteiger partial charge in [0, 0.05) is 38.4 Å². The Balaban J connectivity index is 1.38. The van der Waals surface area contributed by atoms with Crippen molar-refractivity contribution in [3.63, 3.8) is 0 Å². The largest absolute Gasteiger partial charge is 0.368 e. The molecule has 2 heterocycles. The normalized spacial score (nSPS) is 17.2. The third-order valence-electron chi connectivity index (χ3n) is 5.34. The van der Waals surface area contributed by atoms with Crippen molar-refractivity contribution in [2.75, 3.05) is 49.1 Å². The topological polar surface area (TPSA) is 26.8 Å².